The number of ether oxygens (including phenoxy) is 1. The van der Waals surface area contributed by atoms with Crippen LogP contribution in [0.25, 0.3) is 0 Å². The van der Waals surface area contributed by atoms with Crippen molar-refractivity contribution in [1.82, 2.24) is 0 Å². The molecule has 0 aliphatic rings. The molecule has 0 aliphatic carbocycles. The van der Waals surface area contributed by atoms with Gasteiger partial charge >= 0.3 is 5.97 Å². The second-order valence-electron chi connectivity index (χ2n) is 3.06. The molecule has 4 heteroatoms. The second-order valence-corrected chi connectivity index (χ2v) is 3.06. The first-order valence-electron chi connectivity index (χ1n) is 4.86. The number of carbonyl (C=O) groups excluding carboxylic acids is 1. The molecule has 0 heterocycles. The zero-order valence-corrected chi connectivity index (χ0v) is 8.99. The Morgan fingerprint density at radius 3 is 2.94 bits per heavy atom. The van der Waals surface area contributed by atoms with E-state index in [-0.39, 0.29) is 23.8 Å². The Bertz CT molecular complexity index is 443. The van der Waals surface area contributed by atoms with E-state index in [2.05, 4.69) is 11.8 Å². The average molecular weight is 219 g/mol. The summed E-state index contributed by atoms with van der Waals surface area (Å²) in [4.78, 5) is 11.0. The van der Waals surface area contributed by atoms with Gasteiger partial charge in [0.1, 0.15) is 12.2 Å². The van der Waals surface area contributed by atoms with Crippen LogP contribution in [0.3, 0.4) is 0 Å². The summed E-state index contributed by atoms with van der Waals surface area (Å²) in [7, 11) is 0. The predicted molar refractivity (Wildman–Crippen MR) is 60.6 cm³/mol. The minimum Gasteiger partial charge on any atom is -0.506 e. The van der Waals surface area contributed by atoms with Gasteiger partial charge in [-0.1, -0.05) is 11.8 Å². The van der Waals surface area contributed by atoms with Gasteiger partial charge < -0.3 is 15.6 Å². The first kappa shape index (κ1) is 11.9. The molecule has 0 spiro atoms. The van der Waals surface area contributed by atoms with Crippen LogP contribution in [-0.2, 0) is 9.53 Å². The smallest absolute Gasteiger partial charge is 0.317 e. The third kappa shape index (κ3) is 3.54. The first-order valence-corrected chi connectivity index (χ1v) is 4.86. The van der Waals surface area contributed by atoms with Gasteiger partial charge in [-0.15, -0.1) is 0 Å². The Morgan fingerprint density at radius 1 is 1.56 bits per heavy atom. The lowest BCUT2D eigenvalue weighted by molar-refractivity contribution is -0.141. The highest BCUT2D eigenvalue weighted by Crippen LogP contribution is 2.19. The molecule has 0 fully saturated rings. The lowest BCUT2D eigenvalue weighted by Gasteiger charge is -1.98. The van der Waals surface area contributed by atoms with Crippen molar-refractivity contribution in [2.75, 3.05) is 12.3 Å². The zero-order valence-electron chi connectivity index (χ0n) is 8.99. The number of phenols is 1. The topological polar surface area (TPSA) is 72.5 Å². The van der Waals surface area contributed by atoms with Crippen LogP contribution in [0.15, 0.2) is 18.2 Å². The number of aromatic hydroxyl groups is 1. The van der Waals surface area contributed by atoms with Crippen LogP contribution in [0, 0.1) is 11.8 Å². The number of hydrogen-bond donors (Lipinski definition) is 2. The second kappa shape index (κ2) is 5.66. The quantitative estimate of drug-likeness (QED) is 0.340. The highest BCUT2D eigenvalue weighted by atomic mass is 16.5. The Hall–Kier alpha value is -2.15. The van der Waals surface area contributed by atoms with Gasteiger partial charge in [-0.3, -0.25) is 4.79 Å². The summed E-state index contributed by atoms with van der Waals surface area (Å²) >= 11 is 0. The summed E-state index contributed by atoms with van der Waals surface area (Å²) in [6.07, 6.45) is 0.0502. The van der Waals surface area contributed by atoms with Gasteiger partial charge in [0.05, 0.1) is 12.3 Å². The fraction of sp³-hybridized carbons (Fsp3) is 0.250. The number of benzene rings is 1. The number of phenolic OH excluding ortho intramolecular Hbond substituents is 1. The van der Waals surface area contributed by atoms with E-state index in [0.717, 1.165) is 0 Å². The maximum Gasteiger partial charge on any atom is 0.317 e. The van der Waals surface area contributed by atoms with E-state index in [1.54, 1.807) is 19.1 Å². The van der Waals surface area contributed by atoms with E-state index in [1.165, 1.54) is 6.07 Å². The van der Waals surface area contributed by atoms with Crippen molar-refractivity contribution < 1.29 is 14.6 Å². The molecule has 1 aromatic rings. The van der Waals surface area contributed by atoms with Crippen molar-refractivity contribution >= 4 is 11.7 Å². The Labute approximate surface area is 94.0 Å². The molecule has 84 valence electrons. The molecule has 1 aromatic carbocycles. The molecule has 0 bridgehead atoms. The van der Waals surface area contributed by atoms with Gasteiger partial charge in [0.15, 0.2) is 0 Å². The maximum absolute atomic E-state index is 11.0. The number of nitrogens with two attached hydrogens (primary N) is 1. The highest BCUT2D eigenvalue weighted by molar-refractivity contribution is 5.72. The molecule has 0 unspecified atom stereocenters. The lowest BCUT2D eigenvalue weighted by Crippen LogP contribution is -2.01. The van der Waals surface area contributed by atoms with E-state index in [0.29, 0.717) is 12.2 Å². The summed E-state index contributed by atoms with van der Waals surface area (Å²) in [5.41, 5.74) is 6.41. The maximum atomic E-state index is 11.0. The van der Waals surface area contributed by atoms with E-state index in [4.69, 9.17) is 10.5 Å². The van der Waals surface area contributed by atoms with E-state index >= 15 is 0 Å². The van der Waals surface area contributed by atoms with Gasteiger partial charge in [-0.05, 0) is 25.1 Å². The molecule has 0 saturated carbocycles. The van der Waals surface area contributed by atoms with Crippen molar-refractivity contribution in [1.29, 1.82) is 0 Å². The molecule has 0 amide bonds. The third-order valence-electron chi connectivity index (χ3n) is 1.80. The molecular weight excluding hydrogens is 206 g/mol. The number of anilines is 1. The molecule has 0 aliphatic heterocycles. The van der Waals surface area contributed by atoms with Crippen LogP contribution in [0.1, 0.15) is 18.9 Å². The normalized spacial score (nSPS) is 9.06. The summed E-state index contributed by atoms with van der Waals surface area (Å²) in [5, 5.41) is 9.18. The molecule has 16 heavy (non-hydrogen) atoms. The molecule has 3 N–H and O–H groups in total. The standard InChI is InChI=1S/C12H13NO3/c1-2-16-12(15)5-3-4-9-6-7-11(14)10(13)8-9/h6-8,14H,2,5,13H2,1H3. The zero-order chi connectivity index (χ0) is 12.0. The fourth-order valence-electron chi connectivity index (χ4n) is 1.06. The predicted octanol–water partition coefficient (Wildman–Crippen LogP) is 1.28. The molecule has 0 atom stereocenters. The number of nitrogen functional groups attached to an aromatic ring is 1. The van der Waals surface area contributed by atoms with Gasteiger partial charge in [-0.25, -0.2) is 0 Å². The van der Waals surface area contributed by atoms with Crippen molar-refractivity contribution in [3.8, 4) is 17.6 Å². The minimum absolute atomic E-state index is 0.0240. The molecule has 1 rings (SSSR count). The Balaban J connectivity index is 2.63. The number of rotatable bonds is 2. The van der Waals surface area contributed by atoms with Gasteiger partial charge in [-0.2, -0.15) is 0 Å². The molecule has 0 saturated heterocycles. The summed E-state index contributed by atoms with van der Waals surface area (Å²) in [5.74, 6) is 5.11. The van der Waals surface area contributed by atoms with Crippen molar-refractivity contribution in [3.63, 3.8) is 0 Å². The monoisotopic (exact) mass is 219 g/mol. The van der Waals surface area contributed by atoms with Gasteiger partial charge in [0.2, 0.25) is 0 Å². The Morgan fingerprint density at radius 2 is 2.31 bits per heavy atom. The molecule has 4 nitrogen and oxygen atoms in total. The van der Waals surface area contributed by atoms with E-state index in [1.807, 2.05) is 0 Å². The highest BCUT2D eigenvalue weighted by Gasteiger charge is 1.98. The molecule has 0 aromatic heterocycles. The number of esters is 1. The van der Waals surface area contributed by atoms with Crippen LogP contribution < -0.4 is 5.73 Å². The van der Waals surface area contributed by atoms with E-state index in [9.17, 15) is 9.90 Å². The van der Waals surface area contributed by atoms with Crippen LogP contribution in [-0.4, -0.2) is 17.7 Å². The fourth-order valence-corrected chi connectivity index (χ4v) is 1.06. The van der Waals surface area contributed by atoms with Crippen molar-refractivity contribution in [3.05, 3.63) is 23.8 Å². The summed E-state index contributed by atoms with van der Waals surface area (Å²) < 4.78 is 4.72. The van der Waals surface area contributed by atoms with Crippen LogP contribution in [0.4, 0.5) is 5.69 Å². The third-order valence-corrected chi connectivity index (χ3v) is 1.80. The largest absolute Gasteiger partial charge is 0.506 e. The molecule has 0 radical (unpaired) electrons. The summed E-state index contributed by atoms with van der Waals surface area (Å²) in [6, 6.07) is 4.64. The number of hydrogen-bond acceptors (Lipinski definition) is 4. The SMILES string of the molecule is CCOC(=O)CC#Cc1ccc(O)c(N)c1. The summed E-state index contributed by atoms with van der Waals surface area (Å²) in [6.45, 7) is 2.10. The average Bonchev–Trinajstić information content (AvgIpc) is 2.24. The van der Waals surface area contributed by atoms with Crippen LogP contribution in [0.2, 0.25) is 0 Å². The Kier molecular flexibility index (Phi) is 4.22. The number of carbonyl (C=O) groups is 1. The van der Waals surface area contributed by atoms with Crippen molar-refractivity contribution in [2.45, 2.75) is 13.3 Å². The van der Waals surface area contributed by atoms with Gasteiger partial charge in [0, 0.05) is 5.56 Å². The first-order chi connectivity index (χ1) is 7.63. The molecular formula is C12H13NO3. The van der Waals surface area contributed by atoms with Gasteiger partial charge in [0.25, 0.3) is 0 Å². The van der Waals surface area contributed by atoms with Crippen molar-refractivity contribution in [2.24, 2.45) is 0 Å². The lowest BCUT2D eigenvalue weighted by atomic mass is 10.2. The van der Waals surface area contributed by atoms with Crippen LogP contribution in [0.5, 0.6) is 5.75 Å². The van der Waals surface area contributed by atoms with E-state index < -0.39 is 0 Å². The minimum atomic E-state index is -0.346. The van der Waals surface area contributed by atoms with Crippen LogP contribution >= 0.6 is 0 Å².